The van der Waals surface area contributed by atoms with E-state index in [9.17, 15) is 18.8 Å². The van der Waals surface area contributed by atoms with Crippen LogP contribution in [0.2, 0.25) is 0 Å². The molecule has 3 aromatic rings. The normalized spacial score (nSPS) is 21.6. The van der Waals surface area contributed by atoms with Crippen molar-refractivity contribution < 1.29 is 18.8 Å². The molecule has 0 bridgehead atoms. The van der Waals surface area contributed by atoms with Crippen molar-refractivity contribution in [2.24, 2.45) is 0 Å². The minimum Gasteiger partial charge on any atom is -0.322 e. The Hall–Kier alpha value is -3.59. The molecule has 2 fully saturated rings. The van der Waals surface area contributed by atoms with Gasteiger partial charge in [-0.3, -0.25) is 24.6 Å². The van der Waals surface area contributed by atoms with E-state index >= 15 is 0 Å². The van der Waals surface area contributed by atoms with Crippen LogP contribution in [0, 0.1) is 5.82 Å². The van der Waals surface area contributed by atoms with Gasteiger partial charge in [-0.05, 0) is 73.7 Å². The highest BCUT2D eigenvalue weighted by atomic mass is 19.1. The number of fused-ring (bicyclic) bond motifs is 2. The molecule has 1 unspecified atom stereocenters. The number of amides is 3. The van der Waals surface area contributed by atoms with Crippen LogP contribution in [0.15, 0.2) is 42.7 Å². The van der Waals surface area contributed by atoms with Gasteiger partial charge in [0.05, 0.1) is 11.7 Å². The van der Waals surface area contributed by atoms with Crippen molar-refractivity contribution in [3.63, 3.8) is 0 Å². The third kappa shape index (κ3) is 3.89. The van der Waals surface area contributed by atoms with Crippen molar-refractivity contribution in [3.8, 4) is 0 Å². The van der Waals surface area contributed by atoms with E-state index in [0.717, 1.165) is 49.1 Å². The third-order valence-corrected chi connectivity index (χ3v) is 7.58. The van der Waals surface area contributed by atoms with E-state index in [-0.39, 0.29) is 30.7 Å². The number of benzene rings is 1. The van der Waals surface area contributed by atoms with Gasteiger partial charge in [0.15, 0.2) is 0 Å². The van der Waals surface area contributed by atoms with Gasteiger partial charge in [0.25, 0.3) is 5.91 Å². The molecular formula is C26H26FN5O3. The lowest BCUT2D eigenvalue weighted by Gasteiger charge is -2.33. The molecule has 180 valence electrons. The number of piperidine rings is 2. The quantitative estimate of drug-likeness (QED) is 0.587. The maximum atomic E-state index is 14.6. The number of carbonyl (C=O) groups excluding carboxylic acids is 3. The molecular weight excluding hydrogens is 449 g/mol. The van der Waals surface area contributed by atoms with Gasteiger partial charge in [0, 0.05) is 36.8 Å². The highest BCUT2D eigenvalue weighted by Crippen LogP contribution is 2.38. The van der Waals surface area contributed by atoms with Crippen LogP contribution in [-0.4, -0.2) is 56.3 Å². The zero-order valence-electron chi connectivity index (χ0n) is 19.2. The molecule has 3 aliphatic heterocycles. The summed E-state index contributed by atoms with van der Waals surface area (Å²) in [6.45, 7) is 2.82. The third-order valence-electron chi connectivity index (χ3n) is 7.58. The van der Waals surface area contributed by atoms with Gasteiger partial charge >= 0.3 is 0 Å². The standard InChI is InChI=1S/C26H26FN5O3/c27-18-11-19(21-15-31(26(35)20(21)12-18)23-4-5-24(33)29-25(23)34)16-6-9-30(10-7-16)14-17-13-28-32-8-2-1-3-22(17)32/h1-3,8,11-13,16,23H,4-7,9-10,14-15H2,(H,29,33,34). The number of pyridine rings is 1. The van der Waals surface area contributed by atoms with Crippen LogP contribution in [0.4, 0.5) is 4.39 Å². The molecule has 6 rings (SSSR count). The number of likely N-dealkylation sites (tertiary alicyclic amines) is 1. The number of rotatable bonds is 4. The van der Waals surface area contributed by atoms with Gasteiger partial charge in [0.1, 0.15) is 11.9 Å². The Labute approximate surface area is 201 Å². The first-order valence-corrected chi connectivity index (χ1v) is 12.1. The zero-order chi connectivity index (χ0) is 24.1. The first-order valence-electron chi connectivity index (χ1n) is 12.1. The lowest BCUT2D eigenvalue weighted by Crippen LogP contribution is -2.52. The SMILES string of the molecule is O=C1CCC(N2Cc3c(cc(F)cc3C3CCN(Cc4cnn5ccccc45)CC3)C2=O)C(=O)N1. The molecule has 1 atom stereocenters. The Morgan fingerprint density at radius 2 is 1.91 bits per heavy atom. The molecule has 9 heteroatoms. The monoisotopic (exact) mass is 475 g/mol. The van der Waals surface area contributed by atoms with Crippen molar-refractivity contribution in [1.29, 1.82) is 0 Å². The van der Waals surface area contributed by atoms with Crippen molar-refractivity contribution in [1.82, 2.24) is 24.7 Å². The molecule has 35 heavy (non-hydrogen) atoms. The number of imide groups is 1. The second-order valence-corrected chi connectivity index (χ2v) is 9.67. The zero-order valence-corrected chi connectivity index (χ0v) is 19.2. The lowest BCUT2D eigenvalue weighted by molar-refractivity contribution is -0.136. The Balaban J connectivity index is 1.18. The molecule has 0 radical (unpaired) electrons. The summed E-state index contributed by atoms with van der Waals surface area (Å²) in [7, 11) is 0. The summed E-state index contributed by atoms with van der Waals surface area (Å²) in [4.78, 5) is 40.9. The number of aromatic nitrogens is 2. The molecule has 3 aliphatic rings. The Kier molecular flexibility index (Phi) is 5.36. The van der Waals surface area contributed by atoms with Gasteiger partial charge in [-0.25, -0.2) is 8.91 Å². The maximum Gasteiger partial charge on any atom is 0.255 e. The first kappa shape index (κ1) is 21.9. The summed E-state index contributed by atoms with van der Waals surface area (Å²) >= 11 is 0. The van der Waals surface area contributed by atoms with Crippen LogP contribution < -0.4 is 5.32 Å². The van der Waals surface area contributed by atoms with Gasteiger partial charge in [-0.2, -0.15) is 5.10 Å². The molecule has 0 aliphatic carbocycles. The Morgan fingerprint density at radius 1 is 1.09 bits per heavy atom. The molecule has 1 N–H and O–H groups in total. The second-order valence-electron chi connectivity index (χ2n) is 9.67. The Bertz CT molecular complexity index is 1340. The largest absolute Gasteiger partial charge is 0.322 e. The number of nitrogens with zero attached hydrogens (tertiary/aromatic N) is 4. The molecule has 3 amide bonds. The molecule has 0 spiro atoms. The molecule has 1 aromatic carbocycles. The predicted molar refractivity (Wildman–Crippen MR) is 125 cm³/mol. The summed E-state index contributed by atoms with van der Waals surface area (Å²) in [5, 5.41) is 6.74. The first-order chi connectivity index (χ1) is 17.0. The van der Waals surface area contributed by atoms with Crippen LogP contribution in [0.5, 0.6) is 0 Å². The van der Waals surface area contributed by atoms with Crippen LogP contribution in [0.3, 0.4) is 0 Å². The average Bonchev–Trinajstić information content (AvgIpc) is 3.40. The van der Waals surface area contributed by atoms with Gasteiger partial charge in [0.2, 0.25) is 11.8 Å². The van der Waals surface area contributed by atoms with Gasteiger partial charge in [-0.15, -0.1) is 0 Å². The summed E-state index contributed by atoms with van der Waals surface area (Å²) in [6.07, 6.45) is 6.07. The van der Waals surface area contributed by atoms with Crippen molar-refractivity contribution in [3.05, 3.63) is 70.8 Å². The molecule has 8 nitrogen and oxygen atoms in total. The number of hydrogen-bond donors (Lipinski definition) is 1. The minimum atomic E-state index is -0.698. The molecule has 2 saturated heterocycles. The minimum absolute atomic E-state index is 0.147. The number of hydrogen-bond acceptors (Lipinski definition) is 5. The second kappa shape index (κ2) is 8.57. The van der Waals surface area contributed by atoms with E-state index < -0.39 is 17.8 Å². The topological polar surface area (TPSA) is 87.0 Å². The summed E-state index contributed by atoms with van der Waals surface area (Å²) in [5.41, 5.74) is 4.32. The Morgan fingerprint density at radius 3 is 2.71 bits per heavy atom. The fourth-order valence-electron chi connectivity index (χ4n) is 5.77. The van der Waals surface area contributed by atoms with Crippen molar-refractivity contribution in [2.45, 2.75) is 50.7 Å². The summed E-state index contributed by atoms with van der Waals surface area (Å²) in [6, 6.07) is 8.18. The van der Waals surface area contributed by atoms with E-state index in [4.69, 9.17) is 0 Å². The smallest absolute Gasteiger partial charge is 0.255 e. The number of nitrogens with one attached hydrogen (secondary N) is 1. The average molecular weight is 476 g/mol. The van der Waals surface area contributed by atoms with E-state index in [0.29, 0.717) is 12.0 Å². The molecule has 5 heterocycles. The van der Waals surface area contributed by atoms with Crippen molar-refractivity contribution >= 4 is 23.2 Å². The highest BCUT2D eigenvalue weighted by molar-refractivity contribution is 6.05. The van der Waals surface area contributed by atoms with Gasteiger partial charge in [-0.1, -0.05) is 6.07 Å². The van der Waals surface area contributed by atoms with Gasteiger partial charge < -0.3 is 4.90 Å². The maximum absolute atomic E-state index is 14.6. The summed E-state index contributed by atoms with van der Waals surface area (Å²) < 4.78 is 16.5. The number of carbonyl (C=O) groups is 3. The van der Waals surface area contributed by atoms with Crippen LogP contribution in [-0.2, 0) is 22.7 Å². The van der Waals surface area contributed by atoms with Crippen LogP contribution in [0.1, 0.15) is 58.6 Å². The fourth-order valence-corrected chi connectivity index (χ4v) is 5.77. The van der Waals surface area contributed by atoms with E-state index in [2.05, 4.69) is 21.4 Å². The lowest BCUT2D eigenvalue weighted by atomic mass is 9.85. The summed E-state index contributed by atoms with van der Waals surface area (Å²) in [5.74, 6) is -1.38. The fraction of sp³-hybridized carbons (Fsp3) is 0.385. The highest BCUT2D eigenvalue weighted by Gasteiger charge is 2.41. The van der Waals surface area contributed by atoms with Crippen LogP contribution in [0.25, 0.3) is 5.52 Å². The number of halogens is 1. The van der Waals surface area contributed by atoms with E-state index in [1.165, 1.54) is 16.5 Å². The van der Waals surface area contributed by atoms with E-state index in [1.807, 2.05) is 29.0 Å². The van der Waals surface area contributed by atoms with E-state index in [1.54, 1.807) is 6.07 Å². The van der Waals surface area contributed by atoms with Crippen molar-refractivity contribution in [2.75, 3.05) is 13.1 Å². The molecule has 2 aromatic heterocycles. The predicted octanol–water partition coefficient (Wildman–Crippen LogP) is 2.61. The molecule has 0 saturated carbocycles. The van der Waals surface area contributed by atoms with Crippen LogP contribution >= 0.6 is 0 Å².